The lowest BCUT2D eigenvalue weighted by Crippen LogP contribution is -2.19. The second kappa shape index (κ2) is 4.03. The van der Waals surface area contributed by atoms with Gasteiger partial charge in [0.15, 0.2) is 6.29 Å². The summed E-state index contributed by atoms with van der Waals surface area (Å²) in [5, 5.41) is 0. The fourth-order valence-electron chi connectivity index (χ4n) is 1.12. The lowest BCUT2D eigenvalue weighted by atomic mass is 10.1. The fourth-order valence-corrected chi connectivity index (χ4v) is 1.12. The quantitative estimate of drug-likeness (QED) is 0.637. The predicted molar refractivity (Wildman–Crippen MR) is 42.4 cm³/mol. The van der Waals surface area contributed by atoms with Crippen LogP contribution < -0.4 is 5.56 Å². The Morgan fingerprint density at radius 2 is 1.88 bits per heavy atom. The van der Waals surface area contributed by atoms with E-state index in [1.54, 1.807) is 0 Å². The number of hydrogen-bond acceptors (Lipinski definition) is 2. The van der Waals surface area contributed by atoms with Crippen molar-refractivity contribution in [1.29, 1.82) is 0 Å². The number of carbonyl (C=O) groups is 1. The van der Waals surface area contributed by atoms with Gasteiger partial charge in [-0.3, -0.25) is 9.59 Å². The van der Waals surface area contributed by atoms with E-state index >= 15 is 0 Å². The van der Waals surface area contributed by atoms with Crippen molar-refractivity contribution in [2.45, 2.75) is 12.6 Å². The Bertz CT molecular complexity index is 462. The van der Waals surface area contributed by atoms with Gasteiger partial charge in [-0.25, -0.2) is 8.78 Å². The summed E-state index contributed by atoms with van der Waals surface area (Å²) in [6.07, 6.45) is -8.76. The van der Waals surface area contributed by atoms with Gasteiger partial charge in [-0.1, -0.05) is 0 Å². The van der Waals surface area contributed by atoms with Crippen molar-refractivity contribution >= 4 is 6.29 Å². The van der Waals surface area contributed by atoms with Crippen molar-refractivity contribution in [3.05, 3.63) is 33.2 Å². The molecular weight excluding hydrogens is 237 g/mol. The lowest BCUT2D eigenvalue weighted by Gasteiger charge is -2.11. The third kappa shape index (κ3) is 2.26. The molecule has 88 valence electrons. The van der Waals surface area contributed by atoms with Gasteiger partial charge in [0.25, 0.3) is 6.43 Å². The minimum atomic E-state index is -5.03. The molecule has 0 aliphatic carbocycles. The van der Waals surface area contributed by atoms with Crippen LogP contribution in [0.25, 0.3) is 0 Å². The molecule has 0 bridgehead atoms. The van der Waals surface area contributed by atoms with E-state index in [9.17, 15) is 31.5 Å². The van der Waals surface area contributed by atoms with Crippen LogP contribution in [-0.2, 0) is 6.18 Å². The minimum Gasteiger partial charge on any atom is -0.320 e. The van der Waals surface area contributed by atoms with Crippen molar-refractivity contribution < 1.29 is 26.7 Å². The van der Waals surface area contributed by atoms with Crippen LogP contribution in [0.15, 0.2) is 10.9 Å². The molecule has 0 amide bonds. The second-order valence-corrected chi connectivity index (χ2v) is 2.79. The van der Waals surface area contributed by atoms with Crippen LogP contribution in [0, 0.1) is 0 Å². The van der Waals surface area contributed by atoms with E-state index in [2.05, 4.69) is 0 Å². The largest absolute Gasteiger partial charge is 0.417 e. The molecule has 0 unspecified atom stereocenters. The lowest BCUT2D eigenvalue weighted by molar-refractivity contribution is -0.138. The molecule has 16 heavy (non-hydrogen) atoms. The van der Waals surface area contributed by atoms with E-state index in [0.717, 1.165) is 0 Å². The maximum Gasteiger partial charge on any atom is 0.417 e. The summed E-state index contributed by atoms with van der Waals surface area (Å²) >= 11 is 0. The SMILES string of the molecule is O=Cc1c(C(F)(F)F)cc(=O)[nH]c1C(F)F. The van der Waals surface area contributed by atoms with Crippen LogP contribution in [0.4, 0.5) is 22.0 Å². The summed E-state index contributed by atoms with van der Waals surface area (Å²) in [6, 6.07) is 0.0651. The van der Waals surface area contributed by atoms with Crippen molar-refractivity contribution in [2.24, 2.45) is 0 Å². The normalized spacial score (nSPS) is 11.9. The number of alkyl halides is 5. The highest BCUT2D eigenvalue weighted by Crippen LogP contribution is 2.33. The Morgan fingerprint density at radius 3 is 2.25 bits per heavy atom. The smallest absolute Gasteiger partial charge is 0.320 e. The summed E-state index contributed by atoms with van der Waals surface area (Å²) in [6.45, 7) is 0. The Hall–Kier alpha value is -1.73. The zero-order valence-corrected chi connectivity index (χ0v) is 7.44. The summed E-state index contributed by atoms with van der Waals surface area (Å²) in [5.41, 5.74) is -5.58. The van der Waals surface area contributed by atoms with E-state index in [0.29, 0.717) is 0 Å². The van der Waals surface area contributed by atoms with Crippen LogP contribution in [0.2, 0.25) is 0 Å². The van der Waals surface area contributed by atoms with Crippen LogP contribution >= 0.6 is 0 Å². The van der Waals surface area contributed by atoms with E-state index in [-0.39, 0.29) is 12.4 Å². The predicted octanol–water partition coefficient (Wildman–Crippen LogP) is 2.14. The Kier molecular flexibility index (Phi) is 3.11. The number of H-pyrrole nitrogens is 1. The van der Waals surface area contributed by atoms with Gasteiger partial charge < -0.3 is 4.98 Å². The van der Waals surface area contributed by atoms with Gasteiger partial charge in [-0.2, -0.15) is 13.2 Å². The molecule has 0 aliphatic rings. The third-order valence-corrected chi connectivity index (χ3v) is 1.76. The van der Waals surface area contributed by atoms with E-state index in [1.807, 2.05) is 0 Å². The highest BCUT2D eigenvalue weighted by atomic mass is 19.4. The molecule has 1 rings (SSSR count). The fraction of sp³-hybridized carbons (Fsp3) is 0.250. The first-order chi connectivity index (χ1) is 7.27. The maximum atomic E-state index is 12.3. The highest BCUT2D eigenvalue weighted by Gasteiger charge is 2.36. The number of halogens is 5. The van der Waals surface area contributed by atoms with Crippen molar-refractivity contribution in [2.75, 3.05) is 0 Å². The molecule has 1 heterocycles. The minimum absolute atomic E-state index is 0.0651. The van der Waals surface area contributed by atoms with Crippen molar-refractivity contribution in [3.63, 3.8) is 0 Å². The summed E-state index contributed by atoms with van der Waals surface area (Å²) in [5.74, 6) is 0. The van der Waals surface area contributed by atoms with Gasteiger partial charge in [0, 0.05) is 6.07 Å². The molecule has 8 heteroatoms. The topological polar surface area (TPSA) is 49.9 Å². The molecule has 0 spiro atoms. The standard InChI is InChI=1S/C8H4F5NO2/c9-7(10)6-3(2-15)4(8(11,12)13)1-5(16)14-6/h1-2,7H,(H,14,16). The van der Waals surface area contributed by atoms with Crippen LogP contribution in [0.5, 0.6) is 0 Å². The average molecular weight is 241 g/mol. The number of nitrogens with one attached hydrogen (secondary N) is 1. The molecule has 0 radical (unpaired) electrons. The van der Waals surface area contributed by atoms with Gasteiger partial charge in [-0.05, 0) is 0 Å². The zero-order chi connectivity index (χ0) is 12.5. The number of hydrogen-bond donors (Lipinski definition) is 1. The van der Waals surface area contributed by atoms with Crippen molar-refractivity contribution in [1.82, 2.24) is 4.98 Å². The first-order valence-corrected chi connectivity index (χ1v) is 3.85. The van der Waals surface area contributed by atoms with E-state index in [4.69, 9.17) is 0 Å². The van der Waals surface area contributed by atoms with Crippen LogP contribution in [-0.4, -0.2) is 11.3 Å². The summed E-state index contributed by atoms with van der Waals surface area (Å²) < 4.78 is 61.4. The van der Waals surface area contributed by atoms with Gasteiger partial charge >= 0.3 is 6.18 Å². The summed E-state index contributed by atoms with van der Waals surface area (Å²) in [7, 11) is 0. The molecular formula is C8H4F5NO2. The monoisotopic (exact) mass is 241 g/mol. The molecule has 0 aromatic carbocycles. The maximum absolute atomic E-state index is 12.3. The number of pyridine rings is 1. The van der Waals surface area contributed by atoms with Crippen LogP contribution in [0.1, 0.15) is 28.0 Å². The number of aromatic nitrogens is 1. The Labute approximate surface area is 84.9 Å². The molecule has 0 saturated heterocycles. The Balaban J connectivity index is 3.62. The molecule has 1 aromatic heterocycles. The Morgan fingerprint density at radius 1 is 1.31 bits per heavy atom. The molecule has 1 N–H and O–H groups in total. The number of aromatic amines is 1. The first-order valence-electron chi connectivity index (χ1n) is 3.85. The van der Waals surface area contributed by atoms with Crippen LogP contribution in [0.3, 0.4) is 0 Å². The highest BCUT2D eigenvalue weighted by molar-refractivity contribution is 5.79. The number of carbonyl (C=O) groups excluding carboxylic acids is 1. The third-order valence-electron chi connectivity index (χ3n) is 1.76. The molecule has 0 aliphatic heterocycles. The summed E-state index contributed by atoms with van der Waals surface area (Å²) in [4.78, 5) is 22.6. The van der Waals surface area contributed by atoms with Gasteiger partial charge in [-0.15, -0.1) is 0 Å². The van der Waals surface area contributed by atoms with E-state index < -0.39 is 35.0 Å². The molecule has 1 aromatic rings. The van der Waals surface area contributed by atoms with Gasteiger partial charge in [0.2, 0.25) is 5.56 Å². The number of aldehydes is 1. The second-order valence-electron chi connectivity index (χ2n) is 2.79. The van der Waals surface area contributed by atoms with Gasteiger partial charge in [0.1, 0.15) is 0 Å². The molecule has 0 atom stereocenters. The number of rotatable bonds is 2. The van der Waals surface area contributed by atoms with E-state index in [1.165, 1.54) is 4.98 Å². The molecule has 0 fully saturated rings. The molecule has 0 saturated carbocycles. The first kappa shape index (κ1) is 12.3. The average Bonchev–Trinajstić information content (AvgIpc) is 2.14. The zero-order valence-electron chi connectivity index (χ0n) is 7.44. The van der Waals surface area contributed by atoms with Crippen molar-refractivity contribution in [3.8, 4) is 0 Å². The van der Waals surface area contributed by atoms with Gasteiger partial charge in [0.05, 0.1) is 16.8 Å². The molecule has 3 nitrogen and oxygen atoms in total.